The molecule has 70 valence electrons. The molecule has 1 heterocycles. The quantitative estimate of drug-likeness (QED) is 0.620. The average molecular weight is 169 g/mol. The van der Waals surface area contributed by atoms with E-state index < -0.39 is 0 Å². The molecule has 0 bridgehead atoms. The molecule has 2 unspecified atom stereocenters. The van der Waals surface area contributed by atoms with Crippen molar-refractivity contribution in [1.82, 2.24) is 4.90 Å². The maximum Gasteiger partial charge on any atom is 0.223 e. The molecule has 1 amide bonds. The fourth-order valence-electron chi connectivity index (χ4n) is 1.94. The molecule has 12 heavy (non-hydrogen) atoms. The van der Waals surface area contributed by atoms with Crippen LogP contribution in [0, 0.1) is 0 Å². The molecule has 0 aromatic rings. The molecule has 1 aliphatic heterocycles. The zero-order valence-electron chi connectivity index (χ0n) is 8.34. The van der Waals surface area contributed by atoms with Gasteiger partial charge in [0, 0.05) is 18.5 Å². The summed E-state index contributed by atoms with van der Waals surface area (Å²) in [5.41, 5.74) is 0. The molecule has 1 rings (SSSR count). The van der Waals surface area contributed by atoms with Gasteiger partial charge in [-0.2, -0.15) is 0 Å². The lowest BCUT2D eigenvalue weighted by atomic mass is 10.0. The summed E-state index contributed by atoms with van der Waals surface area (Å²) in [7, 11) is 0. The zero-order valence-corrected chi connectivity index (χ0v) is 8.34. The normalized spacial score (nSPS) is 27.4. The van der Waals surface area contributed by atoms with Crippen LogP contribution in [0.4, 0.5) is 0 Å². The van der Waals surface area contributed by atoms with Crippen LogP contribution in [0.15, 0.2) is 0 Å². The molecule has 0 N–H and O–H groups in total. The van der Waals surface area contributed by atoms with Gasteiger partial charge in [-0.3, -0.25) is 4.79 Å². The van der Waals surface area contributed by atoms with Gasteiger partial charge in [-0.05, 0) is 33.1 Å². The first-order valence-corrected chi connectivity index (χ1v) is 4.98. The Morgan fingerprint density at radius 3 is 2.83 bits per heavy atom. The predicted molar refractivity (Wildman–Crippen MR) is 49.9 cm³/mol. The minimum atomic E-state index is 0.350. The first-order valence-electron chi connectivity index (χ1n) is 4.98. The van der Waals surface area contributed by atoms with Crippen molar-refractivity contribution in [2.45, 2.75) is 58.5 Å². The SMILES string of the molecule is CCC(C)N1C(=O)CCCC1C. The largest absolute Gasteiger partial charge is 0.337 e. The fraction of sp³-hybridized carbons (Fsp3) is 0.900. The summed E-state index contributed by atoms with van der Waals surface area (Å²) in [4.78, 5) is 13.6. The Morgan fingerprint density at radius 1 is 1.67 bits per heavy atom. The summed E-state index contributed by atoms with van der Waals surface area (Å²) in [5.74, 6) is 0.350. The molecule has 0 aromatic heterocycles. The van der Waals surface area contributed by atoms with E-state index >= 15 is 0 Å². The maximum atomic E-state index is 11.5. The molecule has 1 saturated heterocycles. The second-order valence-corrected chi connectivity index (χ2v) is 3.80. The summed E-state index contributed by atoms with van der Waals surface area (Å²) in [6, 6.07) is 0.883. The Balaban J connectivity index is 2.62. The smallest absolute Gasteiger partial charge is 0.223 e. The van der Waals surface area contributed by atoms with E-state index in [9.17, 15) is 4.79 Å². The van der Waals surface area contributed by atoms with Gasteiger partial charge in [0.25, 0.3) is 0 Å². The number of carbonyl (C=O) groups is 1. The van der Waals surface area contributed by atoms with Crippen molar-refractivity contribution in [1.29, 1.82) is 0 Å². The summed E-state index contributed by atoms with van der Waals surface area (Å²) in [6.45, 7) is 6.43. The van der Waals surface area contributed by atoms with Gasteiger partial charge in [0.2, 0.25) is 5.91 Å². The minimum absolute atomic E-state index is 0.350. The number of piperidine rings is 1. The third kappa shape index (κ3) is 1.79. The van der Waals surface area contributed by atoms with Gasteiger partial charge < -0.3 is 4.90 Å². The van der Waals surface area contributed by atoms with Crippen molar-refractivity contribution in [3.05, 3.63) is 0 Å². The lowest BCUT2D eigenvalue weighted by Gasteiger charge is -2.37. The van der Waals surface area contributed by atoms with Crippen LogP contribution in [0.1, 0.15) is 46.5 Å². The van der Waals surface area contributed by atoms with Gasteiger partial charge in [0.05, 0.1) is 0 Å². The molecular formula is C10H19NO. The standard InChI is InChI=1S/C10H19NO/c1-4-8(2)11-9(3)6-5-7-10(11)12/h8-9H,4-7H2,1-3H3. The Hall–Kier alpha value is -0.530. The fourth-order valence-corrected chi connectivity index (χ4v) is 1.94. The third-order valence-corrected chi connectivity index (χ3v) is 2.84. The third-order valence-electron chi connectivity index (χ3n) is 2.84. The first-order chi connectivity index (χ1) is 5.66. The Kier molecular flexibility index (Phi) is 3.12. The second-order valence-electron chi connectivity index (χ2n) is 3.80. The molecule has 2 atom stereocenters. The topological polar surface area (TPSA) is 20.3 Å². The second kappa shape index (κ2) is 3.92. The number of hydrogen-bond donors (Lipinski definition) is 0. The Bertz CT molecular complexity index is 163. The molecule has 0 spiro atoms. The molecule has 2 heteroatoms. The lowest BCUT2D eigenvalue weighted by Crippen LogP contribution is -2.46. The van der Waals surface area contributed by atoms with Crippen LogP contribution in [0.25, 0.3) is 0 Å². The monoisotopic (exact) mass is 169 g/mol. The van der Waals surface area contributed by atoms with Crippen molar-refractivity contribution in [2.24, 2.45) is 0 Å². The highest BCUT2D eigenvalue weighted by atomic mass is 16.2. The van der Waals surface area contributed by atoms with Crippen LogP contribution >= 0.6 is 0 Å². The molecule has 0 radical (unpaired) electrons. The molecule has 1 fully saturated rings. The van der Waals surface area contributed by atoms with E-state index in [-0.39, 0.29) is 0 Å². The minimum Gasteiger partial charge on any atom is -0.337 e. The molecular weight excluding hydrogens is 150 g/mol. The highest BCUT2D eigenvalue weighted by Gasteiger charge is 2.27. The lowest BCUT2D eigenvalue weighted by molar-refractivity contribution is -0.138. The van der Waals surface area contributed by atoms with Crippen LogP contribution in [-0.2, 0) is 4.79 Å². The van der Waals surface area contributed by atoms with Gasteiger partial charge in [-0.25, -0.2) is 0 Å². The highest BCUT2D eigenvalue weighted by molar-refractivity contribution is 5.77. The van der Waals surface area contributed by atoms with Gasteiger partial charge in [-0.15, -0.1) is 0 Å². The first kappa shape index (κ1) is 9.56. The van der Waals surface area contributed by atoms with Crippen molar-refractivity contribution >= 4 is 5.91 Å². The van der Waals surface area contributed by atoms with Crippen molar-refractivity contribution in [3.8, 4) is 0 Å². The number of amides is 1. The number of hydrogen-bond acceptors (Lipinski definition) is 1. The molecule has 0 aliphatic carbocycles. The summed E-state index contributed by atoms with van der Waals surface area (Å²) >= 11 is 0. The van der Waals surface area contributed by atoms with E-state index in [2.05, 4.69) is 25.7 Å². The predicted octanol–water partition coefficient (Wildman–Crippen LogP) is 2.19. The zero-order chi connectivity index (χ0) is 9.14. The van der Waals surface area contributed by atoms with Crippen LogP contribution in [0.2, 0.25) is 0 Å². The van der Waals surface area contributed by atoms with Crippen LogP contribution in [0.3, 0.4) is 0 Å². The van der Waals surface area contributed by atoms with Crippen LogP contribution in [-0.4, -0.2) is 22.9 Å². The number of nitrogens with zero attached hydrogens (tertiary/aromatic N) is 1. The number of carbonyl (C=O) groups excluding carboxylic acids is 1. The Morgan fingerprint density at radius 2 is 2.33 bits per heavy atom. The van der Waals surface area contributed by atoms with Gasteiger partial charge in [-0.1, -0.05) is 6.92 Å². The van der Waals surface area contributed by atoms with Crippen molar-refractivity contribution in [2.75, 3.05) is 0 Å². The number of likely N-dealkylation sites (tertiary alicyclic amines) is 1. The molecule has 2 nitrogen and oxygen atoms in total. The van der Waals surface area contributed by atoms with Crippen LogP contribution < -0.4 is 0 Å². The van der Waals surface area contributed by atoms with E-state index in [1.165, 1.54) is 6.42 Å². The van der Waals surface area contributed by atoms with Gasteiger partial charge in [0.1, 0.15) is 0 Å². The van der Waals surface area contributed by atoms with Crippen LogP contribution in [0.5, 0.6) is 0 Å². The Labute approximate surface area is 74.9 Å². The van der Waals surface area contributed by atoms with E-state index in [1.54, 1.807) is 0 Å². The summed E-state index contributed by atoms with van der Waals surface area (Å²) in [6.07, 6.45) is 4.08. The summed E-state index contributed by atoms with van der Waals surface area (Å²) < 4.78 is 0. The van der Waals surface area contributed by atoms with E-state index in [0.717, 1.165) is 19.3 Å². The summed E-state index contributed by atoms with van der Waals surface area (Å²) in [5, 5.41) is 0. The van der Waals surface area contributed by atoms with Crippen molar-refractivity contribution in [3.63, 3.8) is 0 Å². The number of rotatable bonds is 2. The molecule has 1 aliphatic rings. The molecule has 0 saturated carbocycles. The van der Waals surface area contributed by atoms with E-state index in [4.69, 9.17) is 0 Å². The highest BCUT2D eigenvalue weighted by Crippen LogP contribution is 2.21. The molecule has 0 aromatic carbocycles. The van der Waals surface area contributed by atoms with E-state index in [0.29, 0.717) is 18.0 Å². The van der Waals surface area contributed by atoms with Gasteiger partial charge >= 0.3 is 0 Å². The van der Waals surface area contributed by atoms with Gasteiger partial charge in [0.15, 0.2) is 0 Å². The maximum absolute atomic E-state index is 11.5. The average Bonchev–Trinajstić information content (AvgIpc) is 2.03. The van der Waals surface area contributed by atoms with Crippen molar-refractivity contribution < 1.29 is 4.79 Å². The van der Waals surface area contributed by atoms with E-state index in [1.807, 2.05) is 0 Å².